The number of nitrogens with one attached hydrogen (secondary N) is 3. The Balaban J connectivity index is 0.000000203. The maximum Gasteiger partial charge on any atom is 0.310 e. The number of hydrogen-bond donors (Lipinski definition) is 5. The maximum atomic E-state index is 13.0. The van der Waals surface area contributed by atoms with Gasteiger partial charge in [0.1, 0.15) is 10.1 Å². The molecule has 13 heteroatoms. The number of aromatic nitrogens is 6. The standard InChI is InChI=1S/C26H34N4OS.C16H26N2S.C10H10N2O2.CH4/c1-17(18-10-12-22-20(14-18)16-28-30-22)24(31)27-15-19-11-13-23(26(2,3)4)29-25(19)32-21-8-6-5-7-9-21;1-16(2,3)14-10-9-12(11-17)15(18-14)19-13-7-5-4-6-8-13;1-6(10(13)14)7-2-3-9-8(4-7)5-11-12-9;/h10-14,16-17,21H,5-9,15H2,1-4H3,(H,27,31)(H,28,30);9-10,13H,4-8,11,17H2,1-3H3;2-6H,1H3,(H,11,12)(H,13,14);1H4. The molecule has 2 aliphatic rings. The highest BCUT2D eigenvalue weighted by atomic mass is 32.2. The largest absolute Gasteiger partial charge is 0.481 e. The van der Waals surface area contributed by atoms with E-state index in [1.165, 1.54) is 80.5 Å². The molecule has 0 radical (unpaired) electrons. The minimum Gasteiger partial charge on any atom is -0.481 e. The number of amides is 1. The van der Waals surface area contributed by atoms with Crippen molar-refractivity contribution < 1.29 is 14.7 Å². The molecule has 6 N–H and O–H groups in total. The predicted molar refractivity (Wildman–Crippen MR) is 274 cm³/mol. The number of H-pyrrole nitrogens is 2. The molecule has 2 aliphatic carbocycles. The summed E-state index contributed by atoms with van der Waals surface area (Å²) in [6.45, 7) is 18.0. The summed E-state index contributed by atoms with van der Waals surface area (Å²) in [5.74, 6) is -1.49. The molecule has 2 saturated carbocycles. The Hall–Kier alpha value is -4.72. The number of carboxylic acid groups (broad SMARTS) is 1. The number of pyridine rings is 2. The van der Waals surface area contributed by atoms with Crippen LogP contribution in [0.5, 0.6) is 0 Å². The number of fused-ring (bicyclic) bond motifs is 2. The third-order valence-corrected chi connectivity index (χ3v) is 15.2. The fourth-order valence-electron chi connectivity index (χ4n) is 8.04. The van der Waals surface area contributed by atoms with Gasteiger partial charge in [0, 0.05) is 62.1 Å². The summed E-state index contributed by atoms with van der Waals surface area (Å²) in [4.78, 5) is 33.6. The second-order valence-corrected chi connectivity index (χ2v) is 22.3. The van der Waals surface area contributed by atoms with Crippen LogP contribution in [0.2, 0.25) is 0 Å². The lowest BCUT2D eigenvalue weighted by Crippen LogP contribution is -2.28. The molecule has 0 saturated heterocycles. The van der Waals surface area contributed by atoms with Gasteiger partial charge in [-0.25, -0.2) is 9.97 Å². The van der Waals surface area contributed by atoms with Crippen molar-refractivity contribution in [1.29, 1.82) is 0 Å². The van der Waals surface area contributed by atoms with Crippen LogP contribution in [0.4, 0.5) is 0 Å². The summed E-state index contributed by atoms with van der Waals surface area (Å²) in [6.07, 6.45) is 16.7. The Labute approximate surface area is 401 Å². The van der Waals surface area contributed by atoms with Crippen LogP contribution < -0.4 is 11.1 Å². The summed E-state index contributed by atoms with van der Waals surface area (Å²) >= 11 is 3.86. The third-order valence-electron chi connectivity index (χ3n) is 12.4. The summed E-state index contributed by atoms with van der Waals surface area (Å²) in [5, 5.41) is 31.3. The highest BCUT2D eigenvalue weighted by Gasteiger charge is 2.24. The van der Waals surface area contributed by atoms with Gasteiger partial charge in [-0.3, -0.25) is 19.8 Å². The van der Waals surface area contributed by atoms with E-state index in [1.54, 1.807) is 25.4 Å². The number of nitrogens with zero attached hydrogens (tertiary/aromatic N) is 4. The van der Waals surface area contributed by atoms with E-state index in [2.05, 4.69) is 91.5 Å². The lowest BCUT2D eigenvalue weighted by atomic mass is 9.91. The van der Waals surface area contributed by atoms with Gasteiger partial charge in [-0.2, -0.15) is 10.2 Å². The average Bonchev–Trinajstić information content (AvgIpc) is 3.98. The van der Waals surface area contributed by atoms with Gasteiger partial charge >= 0.3 is 5.97 Å². The monoisotopic (exact) mass is 935 g/mol. The first-order valence-electron chi connectivity index (χ1n) is 23.4. The number of benzene rings is 2. The molecular weight excluding hydrogens is 861 g/mol. The fourth-order valence-corrected chi connectivity index (χ4v) is 10.7. The highest BCUT2D eigenvalue weighted by Crippen LogP contribution is 2.37. The van der Waals surface area contributed by atoms with Gasteiger partial charge in [-0.05, 0) is 92.6 Å². The van der Waals surface area contributed by atoms with E-state index in [-0.39, 0.29) is 30.1 Å². The Morgan fingerprint density at radius 2 is 1.12 bits per heavy atom. The molecule has 356 valence electrons. The molecule has 2 aromatic carbocycles. The first kappa shape index (κ1) is 52.3. The average molecular weight is 935 g/mol. The van der Waals surface area contributed by atoms with E-state index in [1.807, 2.05) is 60.8 Å². The van der Waals surface area contributed by atoms with Gasteiger partial charge in [-0.1, -0.05) is 112 Å². The van der Waals surface area contributed by atoms with Crippen LogP contribution in [-0.2, 0) is 33.5 Å². The number of rotatable bonds is 11. The molecule has 1 amide bonds. The number of hydrogen-bond acceptors (Lipinski definition) is 9. The van der Waals surface area contributed by atoms with Gasteiger partial charge in [0.2, 0.25) is 5.91 Å². The number of carbonyl (C=O) groups is 2. The topological polar surface area (TPSA) is 176 Å². The van der Waals surface area contributed by atoms with Crippen LogP contribution in [0.15, 0.2) is 83.1 Å². The molecule has 66 heavy (non-hydrogen) atoms. The minimum atomic E-state index is -0.812. The van der Waals surface area contributed by atoms with Gasteiger partial charge < -0.3 is 16.2 Å². The van der Waals surface area contributed by atoms with Crippen LogP contribution in [-0.4, -0.2) is 57.8 Å². The van der Waals surface area contributed by atoms with Crippen molar-refractivity contribution in [3.8, 4) is 0 Å². The van der Waals surface area contributed by atoms with Crippen molar-refractivity contribution in [1.82, 2.24) is 35.7 Å². The molecule has 2 unspecified atom stereocenters. The second kappa shape index (κ2) is 23.8. The van der Waals surface area contributed by atoms with E-state index in [9.17, 15) is 9.59 Å². The fraction of sp³-hybridized carbons (Fsp3) is 0.509. The van der Waals surface area contributed by atoms with Crippen molar-refractivity contribution in [2.45, 2.75) is 183 Å². The Morgan fingerprint density at radius 1 is 0.682 bits per heavy atom. The van der Waals surface area contributed by atoms with Crippen LogP contribution in [0.3, 0.4) is 0 Å². The molecule has 0 aliphatic heterocycles. The predicted octanol–water partition coefficient (Wildman–Crippen LogP) is 12.7. The van der Waals surface area contributed by atoms with E-state index >= 15 is 0 Å². The SMILES string of the molecule is C.CC(C(=O)NCc1ccc(C(C)(C)C)nc1SC1CCCCC1)c1ccc2[nH]ncc2c1.CC(C(=O)O)c1ccc2[nH]ncc2c1.CC(C)(C)c1ccc(CN)c(SC2CCCCC2)n1. The van der Waals surface area contributed by atoms with Gasteiger partial charge in [0.15, 0.2) is 0 Å². The third kappa shape index (κ3) is 14.4. The number of carboxylic acids is 1. The van der Waals surface area contributed by atoms with Gasteiger partial charge in [0.05, 0.1) is 35.3 Å². The van der Waals surface area contributed by atoms with Crippen LogP contribution in [0.25, 0.3) is 21.8 Å². The number of carbonyl (C=O) groups excluding carboxylic acids is 1. The van der Waals surface area contributed by atoms with E-state index in [4.69, 9.17) is 20.8 Å². The number of aliphatic carboxylic acids is 1. The van der Waals surface area contributed by atoms with Crippen molar-refractivity contribution in [3.63, 3.8) is 0 Å². The van der Waals surface area contributed by atoms with Crippen LogP contribution >= 0.6 is 23.5 Å². The second-order valence-electron chi connectivity index (χ2n) is 19.7. The van der Waals surface area contributed by atoms with E-state index in [0.29, 0.717) is 18.3 Å². The molecule has 2 atom stereocenters. The lowest BCUT2D eigenvalue weighted by molar-refractivity contribution is -0.138. The van der Waals surface area contributed by atoms with Gasteiger partial charge in [0.25, 0.3) is 0 Å². The van der Waals surface area contributed by atoms with E-state index < -0.39 is 11.9 Å². The Bertz CT molecular complexity index is 2490. The first-order chi connectivity index (χ1) is 31.0. The zero-order chi connectivity index (χ0) is 46.7. The molecule has 4 heterocycles. The molecule has 8 rings (SSSR count). The number of aromatic amines is 2. The zero-order valence-corrected chi connectivity index (χ0v) is 41.3. The maximum absolute atomic E-state index is 13.0. The van der Waals surface area contributed by atoms with Crippen molar-refractivity contribution >= 4 is 57.2 Å². The van der Waals surface area contributed by atoms with Crippen molar-refractivity contribution in [2.24, 2.45) is 5.73 Å². The summed E-state index contributed by atoms with van der Waals surface area (Å²) < 4.78 is 0. The normalized spacial score (nSPS) is 15.7. The zero-order valence-electron chi connectivity index (χ0n) is 39.7. The molecule has 6 aromatic rings. The van der Waals surface area contributed by atoms with Crippen LogP contribution in [0, 0.1) is 0 Å². The Kier molecular flexibility index (Phi) is 18.9. The molecule has 0 spiro atoms. The van der Waals surface area contributed by atoms with Crippen molar-refractivity contribution in [3.05, 3.63) is 107 Å². The Morgan fingerprint density at radius 3 is 1.56 bits per heavy atom. The molecule has 4 aromatic heterocycles. The van der Waals surface area contributed by atoms with Crippen molar-refractivity contribution in [2.75, 3.05) is 0 Å². The number of thioether (sulfide) groups is 2. The minimum absolute atomic E-state index is 0. The summed E-state index contributed by atoms with van der Waals surface area (Å²) in [5.41, 5.74) is 14.3. The van der Waals surface area contributed by atoms with Gasteiger partial charge in [-0.15, -0.1) is 23.5 Å². The highest BCUT2D eigenvalue weighted by molar-refractivity contribution is 8.00. The summed E-state index contributed by atoms with van der Waals surface area (Å²) in [6, 6.07) is 20.1. The van der Waals surface area contributed by atoms with E-state index in [0.717, 1.165) is 54.5 Å². The quantitative estimate of drug-likeness (QED) is 0.0840. The lowest BCUT2D eigenvalue weighted by Gasteiger charge is -2.24. The van der Waals surface area contributed by atoms with Crippen LogP contribution in [0.1, 0.15) is 173 Å². The molecule has 11 nitrogen and oxygen atoms in total. The summed E-state index contributed by atoms with van der Waals surface area (Å²) in [7, 11) is 0. The number of nitrogens with two attached hydrogens (primary N) is 1. The smallest absolute Gasteiger partial charge is 0.310 e. The molecular formula is C53H74N8O3S2. The first-order valence-corrected chi connectivity index (χ1v) is 25.2. The molecule has 0 bridgehead atoms. The molecule has 2 fully saturated rings.